The Bertz CT molecular complexity index is 1100. The number of fused-ring (bicyclic) bond motifs is 2. The van der Waals surface area contributed by atoms with Gasteiger partial charge in [0.05, 0.1) is 22.7 Å². The average molecular weight is 391 g/mol. The Morgan fingerprint density at radius 2 is 1.93 bits per heavy atom. The van der Waals surface area contributed by atoms with Crippen LogP contribution in [0.3, 0.4) is 0 Å². The Balaban J connectivity index is 1.78. The van der Waals surface area contributed by atoms with Crippen LogP contribution in [0.1, 0.15) is 35.7 Å². The van der Waals surface area contributed by atoms with Gasteiger partial charge in [0.25, 0.3) is 0 Å². The molecular formula is C19H19F2N3O4. The minimum atomic E-state index is -1.46. The smallest absolute Gasteiger partial charge is 0.341 e. The van der Waals surface area contributed by atoms with Crippen molar-refractivity contribution in [3.05, 3.63) is 33.6 Å². The van der Waals surface area contributed by atoms with E-state index in [1.54, 1.807) is 4.90 Å². The van der Waals surface area contributed by atoms with E-state index in [4.69, 9.17) is 5.73 Å². The van der Waals surface area contributed by atoms with Crippen LogP contribution in [0.5, 0.6) is 0 Å². The number of nitrogen functional groups attached to an aromatic ring is 1. The van der Waals surface area contributed by atoms with Crippen molar-refractivity contribution < 1.29 is 23.8 Å². The van der Waals surface area contributed by atoms with Gasteiger partial charge in [-0.3, -0.25) is 4.79 Å². The molecule has 9 heteroatoms. The van der Waals surface area contributed by atoms with Gasteiger partial charge < -0.3 is 25.4 Å². The van der Waals surface area contributed by atoms with Gasteiger partial charge in [-0.2, -0.15) is 0 Å². The maximum absolute atomic E-state index is 15.6. The summed E-state index contributed by atoms with van der Waals surface area (Å²) in [4.78, 5) is 25.6. The number of aromatic carboxylic acids is 1. The van der Waals surface area contributed by atoms with Crippen molar-refractivity contribution in [2.24, 2.45) is 11.8 Å². The number of halogens is 2. The Labute approximate surface area is 158 Å². The predicted octanol–water partition coefficient (Wildman–Crippen LogP) is 1.71. The Morgan fingerprint density at radius 3 is 2.50 bits per heavy atom. The maximum Gasteiger partial charge on any atom is 0.341 e. The first-order valence-corrected chi connectivity index (χ1v) is 9.31. The molecule has 5 rings (SSSR count). The number of hydrogen-bond acceptors (Lipinski definition) is 5. The lowest BCUT2D eigenvalue weighted by molar-refractivity contribution is -0.00399. The quantitative estimate of drug-likeness (QED) is 0.688. The first-order valence-electron chi connectivity index (χ1n) is 9.31. The van der Waals surface area contributed by atoms with Crippen LogP contribution in [0.25, 0.3) is 10.9 Å². The average Bonchev–Trinajstić information content (AvgIpc) is 3.42. The summed E-state index contributed by atoms with van der Waals surface area (Å²) in [5.74, 6) is -3.28. The number of carboxylic acids is 1. The zero-order valence-corrected chi connectivity index (χ0v) is 14.9. The van der Waals surface area contributed by atoms with Gasteiger partial charge in [-0.25, -0.2) is 13.6 Å². The molecule has 1 saturated heterocycles. The van der Waals surface area contributed by atoms with Crippen LogP contribution in [0.15, 0.2) is 11.0 Å². The summed E-state index contributed by atoms with van der Waals surface area (Å²) in [6.07, 6.45) is 2.68. The first-order chi connectivity index (χ1) is 13.3. The minimum absolute atomic E-state index is 0.0317. The first kappa shape index (κ1) is 17.4. The molecule has 7 nitrogen and oxygen atoms in total. The molecule has 2 aromatic rings. The van der Waals surface area contributed by atoms with E-state index in [0.717, 1.165) is 6.20 Å². The molecular weight excluding hydrogens is 372 g/mol. The second-order valence-electron chi connectivity index (χ2n) is 8.06. The van der Waals surface area contributed by atoms with Crippen molar-refractivity contribution >= 4 is 28.2 Å². The maximum atomic E-state index is 15.6. The van der Waals surface area contributed by atoms with Crippen LogP contribution >= 0.6 is 0 Å². The zero-order chi connectivity index (χ0) is 19.9. The van der Waals surface area contributed by atoms with Gasteiger partial charge in [0.15, 0.2) is 11.6 Å². The summed E-state index contributed by atoms with van der Waals surface area (Å²) < 4.78 is 32.1. The fourth-order valence-corrected chi connectivity index (χ4v) is 4.68. The molecule has 3 fully saturated rings. The van der Waals surface area contributed by atoms with Gasteiger partial charge >= 0.3 is 5.97 Å². The number of aromatic nitrogens is 1. The summed E-state index contributed by atoms with van der Waals surface area (Å²) in [6.45, 7) is 0.715. The minimum Gasteiger partial charge on any atom is -0.477 e. The summed E-state index contributed by atoms with van der Waals surface area (Å²) in [7, 11) is 0. The predicted molar refractivity (Wildman–Crippen MR) is 97.6 cm³/mol. The van der Waals surface area contributed by atoms with Crippen molar-refractivity contribution in [3.63, 3.8) is 0 Å². The van der Waals surface area contributed by atoms with Crippen LogP contribution in [-0.2, 0) is 0 Å². The topological polar surface area (TPSA) is 109 Å². The number of anilines is 2. The molecule has 148 valence electrons. The highest BCUT2D eigenvalue weighted by Gasteiger charge is 2.47. The van der Waals surface area contributed by atoms with E-state index in [2.05, 4.69) is 0 Å². The van der Waals surface area contributed by atoms with Crippen molar-refractivity contribution in [3.8, 4) is 0 Å². The van der Waals surface area contributed by atoms with E-state index >= 15 is 8.78 Å². The van der Waals surface area contributed by atoms with Crippen molar-refractivity contribution in [2.75, 3.05) is 23.7 Å². The summed E-state index contributed by atoms with van der Waals surface area (Å²) in [6, 6.07) is -0.148. The lowest BCUT2D eigenvalue weighted by Gasteiger charge is -2.34. The monoisotopic (exact) mass is 391 g/mol. The van der Waals surface area contributed by atoms with Crippen molar-refractivity contribution in [2.45, 2.75) is 31.4 Å². The van der Waals surface area contributed by atoms with E-state index in [9.17, 15) is 19.8 Å². The fourth-order valence-electron chi connectivity index (χ4n) is 4.68. The van der Waals surface area contributed by atoms with Crippen LogP contribution in [0.2, 0.25) is 0 Å². The highest BCUT2D eigenvalue weighted by molar-refractivity contribution is 5.99. The van der Waals surface area contributed by atoms with Crippen LogP contribution in [0.4, 0.5) is 20.2 Å². The van der Waals surface area contributed by atoms with Crippen molar-refractivity contribution in [1.82, 2.24) is 4.57 Å². The largest absolute Gasteiger partial charge is 0.477 e. The molecule has 3 aliphatic rings. The SMILES string of the molecule is Nc1c(F)c(N2CC3CC(O)C3C2)c(F)c2c1c(=O)c(C(=O)O)cn2C1CC1. The molecule has 2 aliphatic carbocycles. The molecule has 2 saturated carbocycles. The molecule has 0 bridgehead atoms. The molecule has 0 amide bonds. The Kier molecular flexibility index (Phi) is 3.52. The second kappa shape index (κ2) is 5.66. The zero-order valence-electron chi connectivity index (χ0n) is 14.9. The summed E-state index contributed by atoms with van der Waals surface area (Å²) in [5, 5.41) is 18.8. The summed E-state index contributed by atoms with van der Waals surface area (Å²) >= 11 is 0. The molecule has 3 unspecified atom stereocenters. The number of rotatable bonds is 3. The van der Waals surface area contributed by atoms with Gasteiger partial charge in [-0.15, -0.1) is 0 Å². The van der Waals surface area contributed by atoms with Crippen LogP contribution in [-0.4, -0.2) is 39.9 Å². The van der Waals surface area contributed by atoms with Gasteiger partial charge in [0.1, 0.15) is 11.3 Å². The number of pyridine rings is 1. The third kappa shape index (κ3) is 2.22. The summed E-state index contributed by atoms with van der Waals surface area (Å²) in [5.41, 5.74) is 3.38. The highest BCUT2D eigenvalue weighted by atomic mass is 19.1. The molecule has 0 spiro atoms. The molecule has 1 aromatic heterocycles. The molecule has 4 N–H and O–H groups in total. The molecule has 2 heterocycles. The molecule has 0 radical (unpaired) electrons. The number of aliphatic hydroxyl groups is 1. The highest BCUT2D eigenvalue weighted by Crippen LogP contribution is 2.46. The fraction of sp³-hybridized carbons (Fsp3) is 0.474. The second-order valence-corrected chi connectivity index (χ2v) is 8.06. The van der Waals surface area contributed by atoms with E-state index in [0.29, 0.717) is 32.4 Å². The standard InChI is InChI=1S/C19H19F2N3O4/c20-13-15(22)12-16(24(8-1-2-8)6-10(18(12)26)19(27)28)14(21)17(13)23-4-7-3-11(25)9(7)5-23/h6-9,11,25H,1-5,22H2,(H,27,28). The Hall–Kier alpha value is -2.68. The van der Waals surface area contributed by atoms with E-state index < -0.39 is 45.8 Å². The lowest BCUT2D eigenvalue weighted by atomic mass is 9.74. The van der Waals surface area contributed by atoms with Crippen molar-refractivity contribution in [1.29, 1.82) is 0 Å². The molecule has 1 aliphatic heterocycles. The number of aliphatic hydroxyl groups excluding tert-OH is 1. The molecule has 28 heavy (non-hydrogen) atoms. The van der Waals surface area contributed by atoms with Gasteiger partial charge in [0.2, 0.25) is 5.43 Å². The van der Waals surface area contributed by atoms with Crippen LogP contribution in [0, 0.1) is 23.5 Å². The molecule has 3 atom stereocenters. The lowest BCUT2D eigenvalue weighted by Crippen LogP contribution is -2.39. The van der Waals surface area contributed by atoms with E-state index in [1.807, 2.05) is 0 Å². The number of carboxylic acid groups (broad SMARTS) is 1. The van der Waals surface area contributed by atoms with Gasteiger partial charge in [-0.05, 0) is 25.2 Å². The number of nitrogens with zero attached hydrogens (tertiary/aromatic N) is 2. The van der Waals surface area contributed by atoms with Crippen LogP contribution < -0.4 is 16.1 Å². The number of benzene rings is 1. The molecule has 1 aromatic carbocycles. The number of carbonyl (C=O) groups is 1. The third-order valence-electron chi connectivity index (χ3n) is 6.38. The number of hydrogen-bond donors (Lipinski definition) is 3. The normalized spacial score (nSPS) is 26.4. The van der Waals surface area contributed by atoms with Gasteiger partial charge in [-0.1, -0.05) is 0 Å². The number of nitrogens with two attached hydrogens (primary N) is 1. The third-order valence-corrected chi connectivity index (χ3v) is 6.38. The van der Waals surface area contributed by atoms with E-state index in [-0.39, 0.29) is 29.1 Å². The Morgan fingerprint density at radius 1 is 1.21 bits per heavy atom. The van der Waals surface area contributed by atoms with E-state index in [1.165, 1.54) is 4.57 Å². The van der Waals surface area contributed by atoms with Gasteiger partial charge in [0, 0.05) is 31.2 Å².